The van der Waals surface area contributed by atoms with Crippen LogP contribution in [-0.4, -0.2) is 44.5 Å². The van der Waals surface area contributed by atoms with E-state index in [0.717, 1.165) is 0 Å². The van der Waals surface area contributed by atoms with Gasteiger partial charge >= 0.3 is 5.69 Å². The summed E-state index contributed by atoms with van der Waals surface area (Å²) in [6, 6.07) is 0. The zero-order valence-corrected chi connectivity index (χ0v) is 11.6. The van der Waals surface area contributed by atoms with E-state index < -0.39 is 53.7 Å². The monoisotopic (exact) mass is 317 g/mol. The highest BCUT2D eigenvalue weighted by molar-refractivity contribution is 5.83. The van der Waals surface area contributed by atoms with Crippen molar-refractivity contribution in [3.05, 3.63) is 22.5 Å². The number of nitrogens with zero attached hydrogens (tertiary/aromatic N) is 2. The molecule has 4 atom stereocenters. The van der Waals surface area contributed by atoms with Gasteiger partial charge in [-0.3, -0.25) is 14.8 Å². The zero-order valence-electron chi connectivity index (χ0n) is 11.6. The van der Waals surface area contributed by atoms with E-state index in [9.17, 15) is 24.2 Å². The van der Waals surface area contributed by atoms with Gasteiger partial charge in [0.1, 0.15) is 17.6 Å². The largest absolute Gasteiger partial charge is 0.394 e. The maximum atomic E-state index is 13.5. The number of nitrogens with two attached hydrogens (primary N) is 2. The second-order valence-electron chi connectivity index (χ2n) is 5.06. The lowest BCUT2D eigenvalue weighted by atomic mass is 9.79. The molecule has 1 aromatic heterocycles. The summed E-state index contributed by atoms with van der Waals surface area (Å²) in [4.78, 5) is 27.0. The molecular formula is C11H16FN5O5. The molecule has 1 aliphatic rings. The van der Waals surface area contributed by atoms with E-state index in [0.29, 0.717) is 10.8 Å². The van der Waals surface area contributed by atoms with Crippen LogP contribution in [0.1, 0.15) is 13.2 Å². The first-order chi connectivity index (χ1) is 10.3. The van der Waals surface area contributed by atoms with Crippen LogP contribution < -0.4 is 22.7 Å². The third kappa shape index (κ3) is 2.23. The molecule has 1 amide bonds. The summed E-state index contributed by atoms with van der Waals surface area (Å²) in [6.45, 7) is 0.671. The molecule has 1 fully saturated rings. The fourth-order valence-electron chi connectivity index (χ4n) is 2.40. The van der Waals surface area contributed by atoms with Crippen LogP contribution in [0.15, 0.2) is 11.0 Å². The van der Waals surface area contributed by atoms with Gasteiger partial charge in [-0.05, 0) is 6.92 Å². The van der Waals surface area contributed by atoms with Gasteiger partial charge in [0.25, 0.3) is 0 Å². The maximum Gasteiger partial charge on any atom is 0.351 e. The van der Waals surface area contributed by atoms with Crippen LogP contribution in [0.25, 0.3) is 0 Å². The lowest BCUT2D eigenvalue weighted by Gasteiger charge is -2.29. The SMILES string of the molecule is C[C@]1(C(=O)NN)[C@@H](CO)O[C@@H](n2cc(F)c(N)nc2=O)[C@@H]1O. The molecule has 11 heteroatoms. The Kier molecular flexibility index (Phi) is 4.15. The van der Waals surface area contributed by atoms with Gasteiger partial charge in [-0.15, -0.1) is 0 Å². The lowest BCUT2D eigenvalue weighted by Crippen LogP contribution is -2.53. The number of ether oxygens (including phenoxy) is 1. The summed E-state index contributed by atoms with van der Waals surface area (Å²) in [6.07, 6.45) is -3.48. The van der Waals surface area contributed by atoms with Gasteiger partial charge in [0.15, 0.2) is 17.9 Å². The summed E-state index contributed by atoms with van der Waals surface area (Å²) in [5.74, 6) is 2.67. The number of halogens is 1. The topological polar surface area (TPSA) is 166 Å². The summed E-state index contributed by atoms with van der Waals surface area (Å²) >= 11 is 0. The van der Waals surface area contributed by atoms with Crippen molar-refractivity contribution < 1.29 is 24.1 Å². The molecule has 0 unspecified atom stereocenters. The van der Waals surface area contributed by atoms with Gasteiger partial charge in [-0.1, -0.05) is 0 Å². The minimum absolute atomic E-state index is 0.602. The number of anilines is 1. The van der Waals surface area contributed by atoms with Crippen molar-refractivity contribution in [2.24, 2.45) is 11.3 Å². The number of nitrogen functional groups attached to an aromatic ring is 1. The van der Waals surface area contributed by atoms with Crippen LogP contribution in [0.4, 0.5) is 10.2 Å². The predicted molar refractivity (Wildman–Crippen MR) is 70.3 cm³/mol. The molecule has 0 saturated carbocycles. The van der Waals surface area contributed by atoms with E-state index in [1.165, 1.54) is 6.92 Å². The molecule has 2 rings (SSSR count). The molecule has 122 valence electrons. The minimum Gasteiger partial charge on any atom is -0.394 e. The number of hydrazine groups is 1. The van der Waals surface area contributed by atoms with Crippen molar-refractivity contribution in [2.45, 2.75) is 25.4 Å². The summed E-state index contributed by atoms with van der Waals surface area (Å²) in [7, 11) is 0. The third-order valence-electron chi connectivity index (χ3n) is 3.85. The number of hydrogen-bond donors (Lipinski definition) is 5. The number of amides is 1. The van der Waals surface area contributed by atoms with Crippen molar-refractivity contribution in [1.82, 2.24) is 15.0 Å². The molecule has 0 radical (unpaired) electrons. The quantitative estimate of drug-likeness (QED) is 0.227. The highest BCUT2D eigenvalue weighted by Crippen LogP contribution is 2.43. The number of nitrogens with one attached hydrogen (secondary N) is 1. The van der Waals surface area contributed by atoms with Crippen molar-refractivity contribution in [3.8, 4) is 0 Å². The molecule has 10 nitrogen and oxygen atoms in total. The highest BCUT2D eigenvalue weighted by atomic mass is 19.1. The lowest BCUT2D eigenvalue weighted by molar-refractivity contribution is -0.138. The Morgan fingerprint density at radius 1 is 1.68 bits per heavy atom. The molecule has 1 aliphatic heterocycles. The molecule has 0 bridgehead atoms. The Morgan fingerprint density at radius 3 is 2.86 bits per heavy atom. The maximum absolute atomic E-state index is 13.5. The molecular weight excluding hydrogens is 301 g/mol. The molecule has 0 aromatic carbocycles. The highest BCUT2D eigenvalue weighted by Gasteiger charge is 2.58. The summed E-state index contributed by atoms with van der Waals surface area (Å²) in [5, 5.41) is 19.7. The number of carbonyl (C=O) groups is 1. The average molecular weight is 317 g/mol. The number of aromatic nitrogens is 2. The fraction of sp³-hybridized carbons (Fsp3) is 0.545. The number of aliphatic hydroxyl groups is 2. The van der Waals surface area contributed by atoms with Gasteiger partial charge in [-0.25, -0.2) is 15.0 Å². The summed E-state index contributed by atoms with van der Waals surface area (Å²) in [5.41, 5.74) is 4.42. The molecule has 1 aromatic rings. The first kappa shape index (κ1) is 16.3. The van der Waals surface area contributed by atoms with E-state index in [2.05, 4.69) is 4.98 Å². The van der Waals surface area contributed by atoms with Gasteiger partial charge in [-0.2, -0.15) is 4.98 Å². The van der Waals surface area contributed by atoms with Gasteiger partial charge in [0.05, 0.1) is 12.8 Å². The van der Waals surface area contributed by atoms with Crippen molar-refractivity contribution in [3.63, 3.8) is 0 Å². The van der Waals surface area contributed by atoms with Crippen LogP contribution in [-0.2, 0) is 9.53 Å². The number of rotatable bonds is 3. The molecule has 0 spiro atoms. The smallest absolute Gasteiger partial charge is 0.351 e. The van der Waals surface area contributed by atoms with E-state index in [4.69, 9.17) is 16.3 Å². The molecule has 1 saturated heterocycles. The third-order valence-corrected chi connectivity index (χ3v) is 3.85. The second-order valence-corrected chi connectivity index (χ2v) is 5.06. The fourth-order valence-corrected chi connectivity index (χ4v) is 2.40. The average Bonchev–Trinajstić information content (AvgIpc) is 2.75. The van der Waals surface area contributed by atoms with Crippen LogP contribution in [0.2, 0.25) is 0 Å². The van der Waals surface area contributed by atoms with Crippen LogP contribution in [0.5, 0.6) is 0 Å². The molecule has 0 aliphatic carbocycles. The van der Waals surface area contributed by atoms with Crippen molar-refractivity contribution in [2.75, 3.05) is 12.3 Å². The van der Waals surface area contributed by atoms with Crippen molar-refractivity contribution >= 4 is 11.7 Å². The van der Waals surface area contributed by atoms with Crippen molar-refractivity contribution in [1.29, 1.82) is 0 Å². The number of hydrogen-bond acceptors (Lipinski definition) is 8. The second kappa shape index (κ2) is 5.61. The molecule has 2 heterocycles. The van der Waals surface area contributed by atoms with Crippen LogP contribution in [0, 0.1) is 11.2 Å². The molecule has 7 N–H and O–H groups in total. The predicted octanol–water partition coefficient (Wildman–Crippen LogP) is -2.79. The van der Waals surface area contributed by atoms with E-state index in [1.54, 1.807) is 0 Å². The Bertz CT molecular complexity index is 652. The number of carbonyl (C=O) groups excluding carboxylic acids is 1. The van der Waals surface area contributed by atoms with E-state index in [1.807, 2.05) is 5.43 Å². The van der Waals surface area contributed by atoms with Gasteiger partial charge in [0.2, 0.25) is 5.91 Å². The van der Waals surface area contributed by atoms with Crippen LogP contribution in [0.3, 0.4) is 0 Å². The normalized spacial score (nSPS) is 31.2. The Hall–Kier alpha value is -2.08. The Balaban J connectivity index is 2.49. The number of aliphatic hydroxyl groups excluding tert-OH is 2. The first-order valence-corrected chi connectivity index (χ1v) is 6.27. The van der Waals surface area contributed by atoms with Gasteiger partial charge < -0.3 is 20.7 Å². The first-order valence-electron chi connectivity index (χ1n) is 6.27. The summed E-state index contributed by atoms with van der Waals surface area (Å²) < 4.78 is 19.5. The Morgan fingerprint density at radius 2 is 2.32 bits per heavy atom. The van der Waals surface area contributed by atoms with Crippen LogP contribution >= 0.6 is 0 Å². The van der Waals surface area contributed by atoms with E-state index >= 15 is 0 Å². The van der Waals surface area contributed by atoms with E-state index in [-0.39, 0.29) is 0 Å². The minimum atomic E-state index is -1.65. The zero-order chi connectivity index (χ0) is 16.7. The molecule has 22 heavy (non-hydrogen) atoms. The standard InChI is InChI=1S/C11H16FN5O5/c1-11(9(20)16-14)5(3-18)22-8(6(11)19)17-2-4(12)7(13)15-10(17)21/h2,5-6,8,18-19H,3,14H2,1H3,(H,16,20)(H2,13,15,21)/t5-,6+,8-,11+/m1/s1. The van der Waals surface area contributed by atoms with Gasteiger partial charge in [0, 0.05) is 0 Å². The Labute approximate surface area is 123 Å².